The molecule has 1 atom stereocenters. The maximum Gasteiger partial charge on any atom is 0.409 e. The average molecular weight is 333 g/mol. The second-order valence-corrected chi connectivity index (χ2v) is 6.65. The topological polar surface area (TPSA) is 49.8 Å². The van der Waals surface area contributed by atoms with E-state index in [1.807, 2.05) is 24.3 Å². The van der Waals surface area contributed by atoms with Crippen molar-refractivity contribution in [3.8, 4) is 23.5 Å². The van der Waals surface area contributed by atoms with Crippen LogP contribution in [0.25, 0.3) is 11.1 Å². The molecular formula is C21H19NO3. The lowest BCUT2D eigenvalue weighted by Crippen LogP contribution is -2.35. The summed E-state index contributed by atoms with van der Waals surface area (Å²) < 4.78 is 5.57. The van der Waals surface area contributed by atoms with Gasteiger partial charge >= 0.3 is 6.09 Å². The summed E-state index contributed by atoms with van der Waals surface area (Å²) in [6, 6.07) is 16.4. The summed E-state index contributed by atoms with van der Waals surface area (Å²) in [6.45, 7) is 0.815. The third kappa shape index (κ3) is 2.67. The molecule has 4 heteroatoms. The molecule has 1 amide bonds. The van der Waals surface area contributed by atoms with Crippen LogP contribution in [0.2, 0.25) is 0 Å². The van der Waals surface area contributed by atoms with Crippen molar-refractivity contribution in [1.29, 1.82) is 0 Å². The molecule has 2 aromatic carbocycles. The third-order valence-electron chi connectivity index (χ3n) is 5.11. The van der Waals surface area contributed by atoms with Gasteiger partial charge in [-0.05, 0) is 22.3 Å². The van der Waals surface area contributed by atoms with Crippen molar-refractivity contribution in [2.45, 2.75) is 17.9 Å². The zero-order valence-corrected chi connectivity index (χ0v) is 13.8. The molecule has 126 valence electrons. The Hall–Kier alpha value is -2.77. The fourth-order valence-corrected chi connectivity index (χ4v) is 3.75. The first-order valence-corrected chi connectivity index (χ1v) is 8.41. The van der Waals surface area contributed by atoms with Gasteiger partial charge in [0, 0.05) is 18.9 Å². The Balaban J connectivity index is 1.50. The van der Waals surface area contributed by atoms with E-state index in [0.29, 0.717) is 13.0 Å². The molecule has 2 aromatic rings. The highest BCUT2D eigenvalue weighted by Crippen LogP contribution is 2.44. The van der Waals surface area contributed by atoms with E-state index in [2.05, 4.69) is 30.2 Å². The molecule has 4 nitrogen and oxygen atoms in total. The smallest absolute Gasteiger partial charge is 0.409 e. The minimum Gasteiger partial charge on any atom is -0.448 e. The Morgan fingerprint density at radius 3 is 2.36 bits per heavy atom. The van der Waals surface area contributed by atoms with E-state index in [0.717, 1.165) is 0 Å². The number of carbonyl (C=O) groups is 1. The van der Waals surface area contributed by atoms with Crippen LogP contribution in [0.15, 0.2) is 48.5 Å². The lowest BCUT2D eigenvalue weighted by molar-refractivity contribution is 0.0843. The normalized spacial score (nSPS) is 21.5. The summed E-state index contributed by atoms with van der Waals surface area (Å²) in [4.78, 5) is 13.8. The van der Waals surface area contributed by atoms with Gasteiger partial charge in [-0.25, -0.2) is 4.79 Å². The quantitative estimate of drug-likeness (QED) is 0.860. The number of hydrogen-bond acceptors (Lipinski definition) is 3. The number of terminal acetylenes is 1. The number of amides is 1. The predicted octanol–water partition coefficient (Wildman–Crippen LogP) is 3.01. The van der Waals surface area contributed by atoms with Gasteiger partial charge in [0.15, 0.2) is 0 Å². The van der Waals surface area contributed by atoms with E-state index in [9.17, 15) is 9.90 Å². The number of aliphatic hydroxyl groups is 1. The predicted molar refractivity (Wildman–Crippen MR) is 95.0 cm³/mol. The minimum absolute atomic E-state index is 0.0328. The number of benzene rings is 2. The van der Waals surface area contributed by atoms with Crippen molar-refractivity contribution in [2.24, 2.45) is 0 Å². The molecule has 1 aliphatic heterocycles. The van der Waals surface area contributed by atoms with Gasteiger partial charge in [0.2, 0.25) is 0 Å². The highest BCUT2D eigenvalue weighted by atomic mass is 16.6. The molecule has 1 aliphatic carbocycles. The summed E-state index contributed by atoms with van der Waals surface area (Å²) in [5.41, 5.74) is 3.52. The molecule has 1 heterocycles. The van der Waals surface area contributed by atoms with Crippen LogP contribution in [-0.2, 0) is 4.74 Å². The standard InChI is InChI=1S/C21H19NO3/c1-2-21(24)11-12-22(14-21)20(23)25-13-19-17-9-5-3-7-15(17)16-8-4-6-10-18(16)19/h1,3-10,19,24H,11-14H2. The maximum atomic E-state index is 12.4. The van der Waals surface area contributed by atoms with Gasteiger partial charge in [-0.15, -0.1) is 6.42 Å². The van der Waals surface area contributed by atoms with Crippen LogP contribution >= 0.6 is 0 Å². The van der Waals surface area contributed by atoms with E-state index >= 15 is 0 Å². The molecular weight excluding hydrogens is 314 g/mol. The van der Waals surface area contributed by atoms with Gasteiger partial charge in [0.1, 0.15) is 12.2 Å². The Labute approximate surface area is 147 Å². The number of fused-ring (bicyclic) bond motifs is 3. The Kier molecular flexibility index (Phi) is 3.74. The second kappa shape index (κ2) is 5.94. The Morgan fingerprint density at radius 2 is 1.80 bits per heavy atom. The second-order valence-electron chi connectivity index (χ2n) is 6.65. The highest BCUT2D eigenvalue weighted by molar-refractivity contribution is 5.79. The first-order valence-electron chi connectivity index (χ1n) is 8.41. The van der Waals surface area contributed by atoms with Crippen LogP contribution < -0.4 is 0 Å². The molecule has 25 heavy (non-hydrogen) atoms. The average Bonchev–Trinajstić information content (AvgIpc) is 3.19. The van der Waals surface area contributed by atoms with Crippen LogP contribution in [0.4, 0.5) is 4.79 Å². The minimum atomic E-state index is -1.23. The monoisotopic (exact) mass is 333 g/mol. The van der Waals surface area contributed by atoms with Crippen molar-refractivity contribution in [3.63, 3.8) is 0 Å². The van der Waals surface area contributed by atoms with Gasteiger partial charge in [0.25, 0.3) is 0 Å². The van der Waals surface area contributed by atoms with Gasteiger partial charge in [-0.2, -0.15) is 0 Å². The van der Waals surface area contributed by atoms with Crippen molar-refractivity contribution in [2.75, 3.05) is 19.7 Å². The number of ether oxygens (including phenoxy) is 1. The molecule has 1 N–H and O–H groups in total. The molecule has 1 unspecified atom stereocenters. The highest BCUT2D eigenvalue weighted by Gasteiger charge is 2.38. The molecule has 0 radical (unpaired) electrons. The maximum absolute atomic E-state index is 12.4. The largest absolute Gasteiger partial charge is 0.448 e. The van der Waals surface area contributed by atoms with Crippen LogP contribution in [0.3, 0.4) is 0 Å². The first kappa shape index (κ1) is 15.7. The summed E-state index contributed by atoms with van der Waals surface area (Å²) in [7, 11) is 0. The third-order valence-corrected chi connectivity index (χ3v) is 5.11. The van der Waals surface area contributed by atoms with E-state index in [1.165, 1.54) is 27.2 Å². The number of nitrogens with zero attached hydrogens (tertiary/aromatic N) is 1. The molecule has 1 saturated heterocycles. The van der Waals surface area contributed by atoms with Gasteiger partial charge in [-0.1, -0.05) is 54.5 Å². The fraction of sp³-hybridized carbons (Fsp3) is 0.286. The van der Waals surface area contributed by atoms with Crippen molar-refractivity contribution >= 4 is 6.09 Å². The number of hydrogen-bond donors (Lipinski definition) is 1. The summed E-state index contributed by atoms with van der Waals surface area (Å²) >= 11 is 0. The molecule has 4 rings (SSSR count). The van der Waals surface area contributed by atoms with Gasteiger partial charge in [-0.3, -0.25) is 0 Å². The SMILES string of the molecule is C#CC1(O)CCN(C(=O)OCC2c3ccccc3-c3ccccc32)C1. The molecule has 0 bridgehead atoms. The van der Waals surface area contributed by atoms with E-state index in [4.69, 9.17) is 11.2 Å². The summed E-state index contributed by atoms with van der Waals surface area (Å²) in [5.74, 6) is 2.39. The summed E-state index contributed by atoms with van der Waals surface area (Å²) in [6.07, 6.45) is 5.29. The molecule has 2 aliphatic rings. The zero-order chi connectivity index (χ0) is 17.4. The molecule has 0 saturated carbocycles. The van der Waals surface area contributed by atoms with E-state index < -0.39 is 11.7 Å². The fourth-order valence-electron chi connectivity index (χ4n) is 3.75. The lowest BCUT2D eigenvalue weighted by atomic mass is 9.98. The number of carbonyl (C=O) groups excluding carboxylic acids is 1. The van der Waals surface area contributed by atoms with E-state index in [1.54, 1.807) is 0 Å². The number of β-amino-alcohol motifs (C(OH)–C–C–N with tert-alkyl or cyclic N) is 1. The van der Waals surface area contributed by atoms with Crippen LogP contribution in [0.1, 0.15) is 23.5 Å². The molecule has 0 spiro atoms. The van der Waals surface area contributed by atoms with Crippen molar-refractivity contribution in [1.82, 2.24) is 4.90 Å². The Bertz CT molecular complexity index is 824. The summed E-state index contributed by atoms with van der Waals surface area (Å²) in [5, 5.41) is 10.1. The zero-order valence-electron chi connectivity index (χ0n) is 13.8. The Morgan fingerprint density at radius 1 is 1.20 bits per heavy atom. The van der Waals surface area contributed by atoms with Crippen LogP contribution in [0, 0.1) is 12.3 Å². The number of rotatable bonds is 2. The first-order chi connectivity index (χ1) is 12.1. The van der Waals surface area contributed by atoms with Crippen LogP contribution in [0.5, 0.6) is 0 Å². The number of likely N-dealkylation sites (tertiary alicyclic amines) is 1. The van der Waals surface area contributed by atoms with E-state index in [-0.39, 0.29) is 19.1 Å². The lowest BCUT2D eigenvalue weighted by Gasteiger charge is -2.20. The van der Waals surface area contributed by atoms with Crippen LogP contribution in [-0.4, -0.2) is 41.4 Å². The van der Waals surface area contributed by atoms with Crippen molar-refractivity contribution < 1.29 is 14.6 Å². The van der Waals surface area contributed by atoms with Gasteiger partial charge in [0.05, 0.1) is 6.54 Å². The molecule has 0 aromatic heterocycles. The van der Waals surface area contributed by atoms with Gasteiger partial charge < -0.3 is 14.7 Å². The van der Waals surface area contributed by atoms with Crippen molar-refractivity contribution in [3.05, 3.63) is 59.7 Å². The molecule has 1 fully saturated rings.